The Balaban J connectivity index is 1.69. The van der Waals surface area contributed by atoms with Gasteiger partial charge in [0.2, 0.25) is 0 Å². The smallest absolute Gasteiger partial charge is 0.321 e. The van der Waals surface area contributed by atoms with Gasteiger partial charge in [0.1, 0.15) is 0 Å². The van der Waals surface area contributed by atoms with Crippen molar-refractivity contribution in [2.75, 3.05) is 18.4 Å². The summed E-state index contributed by atoms with van der Waals surface area (Å²) in [7, 11) is 0. The first-order chi connectivity index (χ1) is 11.5. The van der Waals surface area contributed by atoms with Crippen LogP contribution in [0.2, 0.25) is 0 Å². The van der Waals surface area contributed by atoms with Gasteiger partial charge in [0.05, 0.1) is 17.6 Å². The molecule has 24 heavy (non-hydrogen) atoms. The number of fused-ring (bicyclic) bond motifs is 1. The number of urea groups is 1. The summed E-state index contributed by atoms with van der Waals surface area (Å²) >= 11 is 0. The summed E-state index contributed by atoms with van der Waals surface area (Å²) in [5, 5.41) is 17.3. The van der Waals surface area contributed by atoms with Crippen LogP contribution in [0.1, 0.15) is 32.7 Å². The molecule has 128 valence electrons. The number of anilines is 1. The van der Waals surface area contributed by atoms with Crippen molar-refractivity contribution in [3.05, 3.63) is 24.4 Å². The van der Waals surface area contributed by atoms with Gasteiger partial charge in [-0.05, 0) is 44.9 Å². The van der Waals surface area contributed by atoms with Gasteiger partial charge in [-0.3, -0.25) is 9.48 Å². The number of aliphatic carboxylic acids is 1. The average molecular weight is 330 g/mol. The van der Waals surface area contributed by atoms with Crippen molar-refractivity contribution < 1.29 is 14.7 Å². The van der Waals surface area contributed by atoms with E-state index in [0.29, 0.717) is 25.9 Å². The molecular formula is C17H22N4O3. The third-order valence-corrected chi connectivity index (χ3v) is 4.47. The molecule has 2 aromatic rings. The molecule has 2 amide bonds. The maximum atomic E-state index is 12.4. The summed E-state index contributed by atoms with van der Waals surface area (Å²) in [6.07, 6.45) is 2.82. The summed E-state index contributed by atoms with van der Waals surface area (Å²) in [6.45, 7) is 5.05. The van der Waals surface area contributed by atoms with Gasteiger partial charge in [-0.1, -0.05) is 0 Å². The van der Waals surface area contributed by atoms with Gasteiger partial charge in [-0.25, -0.2) is 4.79 Å². The van der Waals surface area contributed by atoms with E-state index in [4.69, 9.17) is 5.11 Å². The highest BCUT2D eigenvalue weighted by Crippen LogP contribution is 2.23. The van der Waals surface area contributed by atoms with Gasteiger partial charge in [0.15, 0.2) is 0 Å². The number of aromatic nitrogens is 2. The van der Waals surface area contributed by atoms with Crippen LogP contribution >= 0.6 is 0 Å². The third-order valence-electron chi connectivity index (χ3n) is 4.47. The number of hydrogen-bond donors (Lipinski definition) is 2. The molecule has 1 aromatic heterocycles. The van der Waals surface area contributed by atoms with Crippen molar-refractivity contribution in [1.29, 1.82) is 0 Å². The molecule has 1 aliphatic heterocycles. The number of benzene rings is 1. The lowest BCUT2D eigenvalue weighted by atomic mass is 9.97. The summed E-state index contributed by atoms with van der Waals surface area (Å²) in [4.78, 5) is 25.0. The molecule has 0 bridgehead atoms. The fourth-order valence-electron chi connectivity index (χ4n) is 3.06. The number of nitrogens with zero attached hydrogens (tertiary/aromatic N) is 3. The Bertz CT molecular complexity index is 760. The first-order valence-corrected chi connectivity index (χ1v) is 8.21. The minimum atomic E-state index is -0.776. The molecule has 1 aromatic carbocycles. The molecule has 0 radical (unpaired) electrons. The van der Waals surface area contributed by atoms with Gasteiger partial charge >= 0.3 is 12.0 Å². The molecule has 0 aliphatic carbocycles. The number of amides is 2. The quantitative estimate of drug-likeness (QED) is 0.906. The second-order valence-electron chi connectivity index (χ2n) is 6.49. The first-order valence-electron chi connectivity index (χ1n) is 8.21. The molecular weight excluding hydrogens is 308 g/mol. The fourth-order valence-corrected chi connectivity index (χ4v) is 3.06. The van der Waals surface area contributed by atoms with E-state index in [2.05, 4.69) is 24.3 Å². The van der Waals surface area contributed by atoms with Crippen LogP contribution in [0.5, 0.6) is 0 Å². The van der Waals surface area contributed by atoms with Crippen LogP contribution in [-0.4, -0.2) is 44.9 Å². The van der Waals surface area contributed by atoms with Crippen LogP contribution in [0, 0.1) is 5.92 Å². The van der Waals surface area contributed by atoms with Crippen LogP contribution in [0.4, 0.5) is 10.5 Å². The number of carbonyl (C=O) groups excluding carboxylic acids is 1. The largest absolute Gasteiger partial charge is 0.481 e. The summed E-state index contributed by atoms with van der Waals surface area (Å²) in [6, 6.07) is 5.77. The molecule has 7 heteroatoms. The Hall–Kier alpha value is -2.57. The molecule has 1 saturated heterocycles. The highest BCUT2D eigenvalue weighted by atomic mass is 16.4. The normalized spacial score (nSPS) is 15.9. The van der Waals surface area contributed by atoms with Crippen LogP contribution in [0.25, 0.3) is 10.9 Å². The Morgan fingerprint density at radius 2 is 2.00 bits per heavy atom. The highest BCUT2D eigenvalue weighted by Gasteiger charge is 2.27. The van der Waals surface area contributed by atoms with E-state index in [1.54, 1.807) is 4.90 Å². The Labute approximate surface area is 140 Å². The van der Waals surface area contributed by atoms with Gasteiger partial charge in [-0.2, -0.15) is 5.10 Å². The molecule has 7 nitrogen and oxygen atoms in total. The van der Waals surface area contributed by atoms with Crippen molar-refractivity contribution in [2.45, 2.75) is 32.7 Å². The van der Waals surface area contributed by atoms with E-state index in [9.17, 15) is 9.59 Å². The topological polar surface area (TPSA) is 87.5 Å². The molecule has 0 saturated carbocycles. The zero-order chi connectivity index (χ0) is 17.3. The number of likely N-dealkylation sites (tertiary alicyclic amines) is 1. The Morgan fingerprint density at radius 1 is 1.29 bits per heavy atom. The Morgan fingerprint density at radius 3 is 2.62 bits per heavy atom. The number of piperidine rings is 1. The highest BCUT2D eigenvalue weighted by molar-refractivity contribution is 5.92. The van der Waals surface area contributed by atoms with Gasteiger partial charge in [0, 0.05) is 30.2 Å². The predicted octanol–water partition coefficient (Wildman–Crippen LogP) is 2.95. The first kappa shape index (κ1) is 16.3. The molecule has 2 N–H and O–H groups in total. The van der Waals surface area contributed by atoms with E-state index >= 15 is 0 Å². The number of nitrogens with one attached hydrogen (secondary N) is 1. The second-order valence-corrected chi connectivity index (χ2v) is 6.49. The SMILES string of the molecule is CC(C)n1ncc2ccc(NC(=O)N3CCC(C(=O)O)CC3)cc21. The van der Waals surface area contributed by atoms with Crippen LogP contribution in [-0.2, 0) is 4.79 Å². The maximum absolute atomic E-state index is 12.4. The lowest BCUT2D eigenvalue weighted by molar-refractivity contribution is -0.143. The van der Waals surface area contributed by atoms with Crippen molar-refractivity contribution >= 4 is 28.6 Å². The number of carbonyl (C=O) groups is 2. The summed E-state index contributed by atoms with van der Waals surface area (Å²) < 4.78 is 1.92. The lowest BCUT2D eigenvalue weighted by Crippen LogP contribution is -2.42. The van der Waals surface area contributed by atoms with Gasteiger partial charge in [0.25, 0.3) is 0 Å². The lowest BCUT2D eigenvalue weighted by Gasteiger charge is -2.30. The van der Waals surface area contributed by atoms with Gasteiger partial charge in [-0.15, -0.1) is 0 Å². The molecule has 0 atom stereocenters. The van der Waals surface area contributed by atoms with Crippen LogP contribution in [0.3, 0.4) is 0 Å². The number of carboxylic acid groups (broad SMARTS) is 1. The third kappa shape index (κ3) is 3.20. The van der Waals surface area contributed by atoms with Crippen molar-refractivity contribution in [3.63, 3.8) is 0 Å². The molecule has 1 fully saturated rings. The zero-order valence-electron chi connectivity index (χ0n) is 13.9. The van der Waals surface area contributed by atoms with E-state index in [1.807, 2.05) is 29.1 Å². The summed E-state index contributed by atoms with van der Waals surface area (Å²) in [5.41, 5.74) is 1.70. The predicted molar refractivity (Wildman–Crippen MR) is 91.1 cm³/mol. The minimum absolute atomic E-state index is 0.186. The van der Waals surface area contributed by atoms with Crippen LogP contribution < -0.4 is 5.32 Å². The molecule has 0 unspecified atom stereocenters. The van der Waals surface area contributed by atoms with E-state index < -0.39 is 5.97 Å². The monoisotopic (exact) mass is 330 g/mol. The van der Waals surface area contributed by atoms with Crippen molar-refractivity contribution in [3.8, 4) is 0 Å². The maximum Gasteiger partial charge on any atom is 0.321 e. The van der Waals surface area contributed by atoms with E-state index in [1.165, 1.54) is 0 Å². The summed E-state index contributed by atoms with van der Waals surface area (Å²) in [5.74, 6) is -1.12. The molecule has 0 spiro atoms. The zero-order valence-corrected chi connectivity index (χ0v) is 13.9. The molecule has 2 heterocycles. The van der Waals surface area contributed by atoms with E-state index in [0.717, 1.165) is 16.6 Å². The van der Waals surface area contributed by atoms with Crippen LogP contribution in [0.15, 0.2) is 24.4 Å². The number of rotatable bonds is 3. The fraction of sp³-hybridized carbons (Fsp3) is 0.471. The second kappa shape index (κ2) is 6.51. The minimum Gasteiger partial charge on any atom is -0.481 e. The van der Waals surface area contributed by atoms with Crippen molar-refractivity contribution in [2.24, 2.45) is 5.92 Å². The van der Waals surface area contributed by atoms with Crippen molar-refractivity contribution in [1.82, 2.24) is 14.7 Å². The number of hydrogen-bond acceptors (Lipinski definition) is 3. The van der Waals surface area contributed by atoms with E-state index in [-0.39, 0.29) is 18.0 Å². The average Bonchev–Trinajstić information content (AvgIpc) is 2.98. The Kier molecular flexibility index (Phi) is 4.42. The number of carboxylic acids is 1. The standard InChI is InChI=1S/C17H22N4O3/c1-11(2)21-15-9-14(4-3-13(15)10-18-21)19-17(24)20-7-5-12(6-8-20)16(22)23/h3-4,9-12H,5-8H2,1-2H3,(H,19,24)(H,22,23). The van der Waals surface area contributed by atoms with Gasteiger partial charge < -0.3 is 15.3 Å². The molecule has 3 rings (SSSR count). The molecule has 1 aliphatic rings.